The molecule has 0 aromatic rings. The highest BCUT2D eigenvalue weighted by Gasteiger charge is 2.28. The summed E-state index contributed by atoms with van der Waals surface area (Å²) in [6.45, 7) is 6.55. The summed E-state index contributed by atoms with van der Waals surface area (Å²) in [5.74, 6) is 1.28. The zero-order valence-electron chi connectivity index (χ0n) is 13.5. The van der Waals surface area contributed by atoms with Crippen LogP contribution >= 0.6 is 0 Å². The van der Waals surface area contributed by atoms with Crippen LogP contribution in [0.15, 0.2) is 16.6 Å². The number of carbonyl (C=O) groups excluding carboxylic acids is 1. The van der Waals surface area contributed by atoms with E-state index in [1.807, 2.05) is 6.92 Å². The Hall–Kier alpha value is -1.56. The van der Waals surface area contributed by atoms with Crippen LogP contribution in [-0.4, -0.2) is 51.3 Å². The lowest BCUT2D eigenvalue weighted by Gasteiger charge is -2.14. The average Bonchev–Trinajstić information content (AvgIpc) is 3.37. The molecule has 124 valence electrons. The first-order valence-corrected chi connectivity index (χ1v) is 8.35. The zero-order valence-corrected chi connectivity index (χ0v) is 13.5. The smallest absolute Gasteiger partial charge is 0.223 e. The first-order chi connectivity index (χ1) is 10.8. The Balaban J connectivity index is 1.62. The molecule has 0 radical (unpaired) electrons. The highest BCUT2D eigenvalue weighted by Crippen LogP contribution is 2.28. The van der Waals surface area contributed by atoms with Crippen LogP contribution in [0.2, 0.25) is 0 Å². The molecule has 0 bridgehead atoms. The van der Waals surface area contributed by atoms with Crippen LogP contribution in [0.3, 0.4) is 0 Å². The maximum Gasteiger partial charge on any atom is 0.223 e. The van der Waals surface area contributed by atoms with Gasteiger partial charge in [-0.2, -0.15) is 0 Å². The maximum atomic E-state index is 11.5. The number of aliphatic imine (C=N–C) groups is 1. The predicted octanol–water partition coefficient (Wildman–Crippen LogP) is 0.804. The Bertz CT molecular complexity index is 416. The molecule has 1 fully saturated rings. The lowest BCUT2D eigenvalue weighted by molar-refractivity contribution is -0.122. The minimum absolute atomic E-state index is 0.190. The molecule has 2 aliphatic rings. The SMILES string of the molecule is CCNC(=NCCC1=CCOCC1)NCCNC(=O)C1CC1. The first kappa shape index (κ1) is 16.8. The molecule has 1 amide bonds. The molecular weight excluding hydrogens is 280 g/mol. The van der Waals surface area contributed by atoms with E-state index >= 15 is 0 Å². The quantitative estimate of drug-likeness (QED) is 0.268. The van der Waals surface area contributed by atoms with Gasteiger partial charge in [-0.25, -0.2) is 0 Å². The van der Waals surface area contributed by atoms with E-state index < -0.39 is 0 Å². The Kier molecular flexibility index (Phi) is 7.22. The van der Waals surface area contributed by atoms with E-state index in [0.29, 0.717) is 13.1 Å². The monoisotopic (exact) mass is 308 g/mol. The number of hydrogen-bond donors (Lipinski definition) is 3. The van der Waals surface area contributed by atoms with Crippen LogP contribution in [0.1, 0.15) is 32.6 Å². The Morgan fingerprint density at radius 2 is 2.14 bits per heavy atom. The molecule has 0 unspecified atom stereocenters. The Morgan fingerprint density at radius 3 is 2.82 bits per heavy atom. The van der Waals surface area contributed by atoms with Crippen molar-refractivity contribution in [1.82, 2.24) is 16.0 Å². The van der Waals surface area contributed by atoms with Crippen LogP contribution in [0.5, 0.6) is 0 Å². The number of guanidine groups is 1. The van der Waals surface area contributed by atoms with Gasteiger partial charge in [-0.1, -0.05) is 11.6 Å². The fourth-order valence-corrected chi connectivity index (χ4v) is 2.30. The number of carbonyl (C=O) groups is 1. The molecule has 1 aliphatic heterocycles. The number of hydrogen-bond acceptors (Lipinski definition) is 3. The van der Waals surface area contributed by atoms with E-state index in [4.69, 9.17) is 4.74 Å². The second-order valence-electron chi connectivity index (χ2n) is 5.69. The molecule has 0 saturated heterocycles. The van der Waals surface area contributed by atoms with Gasteiger partial charge in [0, 0.05) is 32.1 Å². The summed E-state index contributed by atoms with van der Waals surface area (Å²) in [5.41, 5.74) is 1.43. The van der Waals surface area contributed by atoms with Crippen LogP contribution in [0, 0.1) is 5.92 Å². The Labute approximate surface area is 132 Å². The molecule has 0 spiro atoms. The van der Waals surface area contributed by atoms with Crippen molar-refractivity contribution in [2.24, 2.45) is 10.9 Å². The molecule has 0 aromatic carbocycles. The summed E-state index contributed by atoms with van der Waals surface area (Å²) in [4.78, 5) is 16.1. The normalized spacial score (nSPS) is 18.6. The number of ether oxygens (including phenoxy) is 1. The summed E-state index contributed by atoms with van der Waals surface area (Å²) < 4.78 is 5.30. The number of nitrogens with zero attached hydrogens (tertiary/aromatic N) is 1. The van der Waals surface area contributed by atoms with Crippen molar-refractivity contribution in [3.63, 3.8) is 0 Å². The topological polar surface area (TPSA) is 74.8 Å². The second-order valence-corrected chi connectivity index (χ2v) is 5.69. The molecule has 3 N–H and O–H groups in total. The second kappa shape index (κ2) is 9.46. The third kappa shape index (κ3) is 6.47. The van der Waals surface area contributed by atoms with Crippen LogP contribution < -0.4 is 16.0 Å². The average molecular weight is 308 g/mol. The van der Waals surface area contributed by atoms with Crippen molar-refractivity contribution in [3.05, 3.63) is 11.6 Å². The molecule has 2 rings (SSSR count). The van der Waals surface area contributed by atoms with Gasteiger partial charge >= 0.3 is 0 Å². The van der Waals surface area contributed by atoms with Gasteiger partial charge in [0.2, 0.25) is 5.91 Å². The van der Waals surface area contributed by atoms with Gasteiger partial charge in [0.25, 0.3) is 0 Å². The lowest BCUT2D eigenvalue weighted by Crippen LogP contribution is -2.41. The molecule has 0 atom stereocenters. The number of nitrogens with one attached hydrogen (secondary N) is 3. The highest BCUT2D eigenvalue weighted by molar-refractivity contribution is 5.81. The first-order valence-electron chi connectivity index (χ1n) is 8.35. The van der Waals surface area contributed by atoms with E-state index in [1.165, 1.54) is 5.57 Å². The summed E-state index contributed by atoms with van der Waals surface area (Å²) in [6, 6.07) is 0. The zero-order chi connectivity index (χ0) is 15.6. The highest BCUT2D eigenvalue weighted by atomic mass is 16.5. The minimum atomic E-state index is 0.190. The van der Waals surface area contributed by atoms with Gasteiger partial charge in [-0.05, 0) is 32.6 Å². The molecule has 6 heteroatoms. The summed E-state index contributed by atoms with van der Waals surface area (Å²) >= 11 is 0. The van der Waals surface area contributed by atoms with Gasteiger partial charge in [-0.15, -0.1) is 0 Å². The van der Waals surface area contributed by atoms with Gasteiger partial charge < -0.3 is 20.7 Å². The van der Waals surface area contributed by atoms with E-state index in [-0.39, 0.29) is 11.8 Å². The van der Waals surface area contributed by atoms with Crippen molar-refractivity contribution < 1.29 is 9.53 Å². The molecule has 22 heavy (non-hydrogen) atoms. The molecule has 1 aliphatic carbocycles. The molecule has 1 heterocycles. The summed E-state index contributed by atoms with van der Waals surface area (Å²) in [7, 11) is 0. The number of rotatable bonds is 8. The molecular formula is C16H28N4O2. The van der Waals surface area contributed by atoms with Gasteiger partial charge in [-0.3, -0.25) is 9.79 Å². The van der Waals surface area contributed by atoms with Gasteiger partial charge in [0.05, 0.1) is 13.2 Å². The third-order valence-electron chi connectivity index (χ3n) is 3.77. The van der Waals surface area contributed by atoms with E-state index in [0.717, 1.165) is 57.9 Å². The predicted molar refractivity (Wildman–Crippen MR) is 87.9 cm³/mol. The molecule has 0 aromatic heterocycles. The largest absolute Gasteiger partial charge is 0.377 e. The van der Waals surface area contributed by atoms with Crippen LogP contribution in [0.4, 0.5) is 0 Å². The summed E-state index contributed by atoms with van der Waals surface area (Å²) in [5, 5.41) is 9.42. The Morgan fingerprint density at radius 1 is 1.32 bits per heavy atom. The maximum absolute atomic E-state index is 11.5. The van der Waals surface area contributed by atoms with Crippen molar-refractivity contribution in [2.75, 3.05) is 39.4 Å². The van der Waals surface area contributed by atoms with Crippen molar-refractivity contribution in [1.29, 1.82) is 0 Å². The van der Waals surface area contributed by atoms with Crippen molar-refractivity contribution in [3.8, 4) is 0 Å². The minimum Gasteiger partial charge on any atom is -0.377 e. The lowest BCUT2D eigenvalue weighted by atomic mass is 10.1. The standard InChI is InChI=1S/C16H28N4O2/c1-2-17-16(19-8-5-13-6-11-22-12-7-13)20-10-9-18-15(21)14-3-4-14/h6,14H,2-5,7-12H2,1H3,(H,18,21)(H2,17,19,20). The van der Waals surface area contributed by atoms with Gasteiger partial charge in [0.15, 0.2) is 5.96 Å². The summed E-state index contributed by atoms with van der Waals surface area (Å²) in [6.07, 6.45) is 6.26. The van der Waals surface area contributed by atoms with E-state index in [2.05, 4.69) is 27.0 Å². The third-order valence-corrected chi connectivity index (χ3v) is 3.77. The number of amides is 1. The molecule has 6 nitrogen and oxygen atoms in total. The van der Waals surface area contributed by atoms with Crippen molar-refractivity contribution in [2.45, 2.75) is 32.6 Å². The van der Waals surface area contributed by atoms with Gasteiger partial charge in [0.1, 0.15) is 0 Å². The van der Waals surface area contributed by atoms with E-state index in [9.17, 15) is 4.79 Å². The van der Waals surface area contributed by atoms with E-state index in [1.54, 1.807) is 0 Å². The molecule has 1 saturated carbocycles. The van der Waals surface area contributed by atoms with Crippen molar-refractivity contribution >= 4 is 11.9 Å². The fourth-order valence-electron chi connectivity index (χ4n) is 2.30. The fraction of sp³-hybridized carbons (Fsp3) is 0.750. The van der Waals surface area contributed by atoms with Crippen LogP contribution in [0.25, 0.3) is 0 Å². The van der Waals surface area contributed by atoms with Crippen LogP contribution in [-0.2, 0) is 9.53 Å².